The van der Waals surface area contributed by atoms with Crippen molar-refractivity contribution < 1.29 is 5.21 Å². The average Bonchev–Trinajstić information content (AvgIpc) is 1.69. The van der Waals surface area contributed by atoms with E-state index in [2.05, 4.69) is 6.20 Å². The van der Waals surface area contributed by atoms with Gasteiger partial charge < -0.3 is 0 Å². The molecule has 0 amide bonds. The van der Waals surface area contributed by atoms with E-state index in [1.807, 2.05) is 12.2 Å². The molecule has 1 rings (SSSR count). The Morgan fingerprint density at radius 1 is 1.71 bits per heavy atom. The number of hydrogen-bond donors (Lipinski definition) is 1. The molecule has 0 aromatic rings. The van der Waals surface area contributed by atoms with Gasteiger partial charge in [-0.25, -0.2) is 0 Å². The van der Waals surface area contributed by atoms with Crippen LogP contribution in [0.1, 0.15) is 0 Å². The van der Waals surface area contributed by atoms with Gasteiger partial charge in [0.1, 0.15) is 0 Å². The molecule has 37 valence electrons. The molecular weight excluding hydrogens is 90.1 g/mol. The second-order valence-electron chi connectivity index (χ2n) is 1.31. The van der Waals surface area contributed by atoms with Crippen LogP contribution in [0.2, 0.25) is 0 Å². The zero-order valence-electron chi connectivity index (χ0n) is 3.83. The third-order valence-electron chi connectivity index (χ3n) is 0.734. The predicted octanol–water partition coefficient (Wildman–Crippen LogP) is 0.564. The second-order valence-corrected chi connectivity index (χ2v) is 1.31. The maximum atomic E-state index is 8.55. The Morgan fingerprint density at radius 2 is 2.57 bits per heavy atom. The summed E-state index contributed by atoms with van der Waals surface area (Å²) in [6.45, 7) is 0.552. The highest BCUT2D eigenvalue weighted by Crippen LogP contribution is 1.90. The lowest BCUT2D eigenvalue weighted by Gasteiger charge is -2.07. The molecule has 1 N–H and O–H groups in total. The van der Waals surface area contributed by atoms with E-state index < -0.39 is 0 Å². The van der Waals surface area contributed by atoms with Crippen LogP contribution in [0.5, 0.6) is 0 Å². The molecule has 0 spiro atoms. The quantitative estimate of drug-likeness (QED) is 0.476. The van der Waals surface area contributed by atoms with Crippen LogP contribution < -0.4 is 0 Å². The minimum absolute atomic E-state index is 0.552. The standard InChI is InChI=1S/C5H6NO/c7-6-4-2-1-3-5-6/h1-3,7H,4H2. The molecule has 0 bridgehead atoms. The van der Waals surface area contributed by atoms with Crippen molar-refractivity contribution >= 4 is 0 Å². The van der Waals surface area contributed by atoms with Gasteiger partial charge in [0.2, 0.25) is 0 Å². The molecule has 0 fully saturated rings. The molecule has 2 heteroatoms. The fourth-order valence-electron chi connectivity index (χ4n) is 0.411. The SMILES string of the molecule is ON1[C]=CC=CC1. The van der Waals surface area contributed by atoms with Crippen LogP contribution in [-0.2, 0) is 0 Å². The molecule has 0 aliphatic carbocycles. The molecule has 0 aromatic heterocycles. The maximum absolute atomic E-state index is 8.55. The number of allylic oxidation sites excluding steroid dienone is 2. The number of hydroxylamine groups is 2. The van der Waals surface area contributed by atoms with Gasteiger partial charge in [-0.3, -0.25) is 10.3 Å². The van der Waals surface area contributed by atoms with Crippen molar-refractivity contribution in [2.75, 3.05) is 6.54 Å². The molecule has 0 atom stereocenters. The Hall–Kier alpha value is -0.760. The molecular formula is C5H6NO. The van der Waals surface area contributed by atoms with E-state index in [0.29, 0.717) is 6.54 Å². The summed E-state index contributed by atoms with van der Waals surface area (Å²) in [5.41, 5.74) is 0. The van der Waals surface area contributed by atoms with Crippen molar-refractivity contribution in [1.82, 2.24) is 5.06 Å². The highest BCUT2D eigenvalue weighted by atomic mass is 16.5. The summed E-state index contributed by atoms with van der Waals surface area (Å²) in [6.07, 6.45) is 7.90. The van der Waals surface area contributed by atoms with E-state index in [1.54, 1.807) is 6.08 Å². The number of hydrogen-bond acceptors (Lipinski definition) is 2. The molecule has 1 heterocycles. The van der Waals surface area contributed by atoms with Gasteiger partial charge in [0, 0.05) is 0 Å². The zero-order chi connectivity index (χ0) is 5.11. The Morgan fingerprint density at radius 3 is 2.86 bits per heavy atom. The predicted molar refractivity (Wildman–Crippen MR) is 25.4 cm³/mol. The van der Waals surface area contributed by atoms with Crippen molar-refractivity contribution in [3.8, 4) is 0 Å². The summed E-state index contributed by atoms with van der Waals surface area (Å²) in [4.78, 5) is 0. The van der Waals surface area contributed by atoms with Crippen LogP contribution in [-0.4, -0.2) is 16.8 Å². The number of nitrogens with zero attached hydrogens (tertiary/aromatic N) is 1. The van der Waals surface area contributed by atoms with Gasteiger partial charge >= 0.3 is 0 Å². The van der Waals surface area contributed by atoms with E-state index in [0.717, 1.165) is 5.06 Å². The van der Waals surface area contributed by atoms with Gasteiger partial charge in [0.25, 0.3) is 0 Å². The van der Waals surface area contributed by atoms with Crippen LogP contribution in [0, 0.1) is 6.20 Å². The van der Waals surface area contributed by atoms with E-state index in [-0.39, 0.29) is 0 Å². The monoisotopic (exact) mass is 96.0 g/mol. The highest BCUT2D eigenvalue weighted by molar-refractivity contribution is 5.03. The zero-order valence-corrected chi connectivity index (χ0v) is 3.83. The van der Waals surface area contributed by atoms with E-state index in [1.165, 1.54) is 0 Å². The van der Waals surface area contributed by atoms with Crippen molar-refractivity contribution in [3.05, 3.63) is 24.4 Å². The van der Waals surface area contributed by atoms with Gasteiger partial charge in [-0.1, -0.05) is 12.2 Å². The average molecular weight is 96.1 g/mol. The molecule has 0 aromatic carbocycles. The smallest absolute Gasteiger partial charge is 0.0894 e. The summed E-state index contributed by atoms with van der Waals surface area (Å²) >= 11 is 0. The summed E-state index contributed by atoms with van der Waals surface area (Å²) in [5.74, 6) is 0. The lowest BCUT2D eigenvalue weighted by atomic mass is 10.4. The second kappa shape index (κ2) is 1.80. The first-order valence-corrected chi connectivity index (χ1v) is 2.10. The van der Waals surface area contributed by atoms with Gasteiger partial charge in [-0.15, -0.1) is 0 Å². The van der Waals surface area contributed by atoms with Crippen molar-refractivity contribution in [2.24, 2.45) is 0 Å². The first-order chi connectivity index (χ1) is 3.39. The minimum atomic E-state index is 0.552. The lowest BCUT2D eigenvalue weighted by Crippen LogP contribution is -2.13. The Balaban J connectivity index is 2.49. The third-order valence-corrected chi connectivity index (χ3v) is 0.734. The third kappa shape index (κ3) is 1.05. The largest absolute Gasteiger partial charge is 0.288 e. The highest BCUT2D eigenvalue weighted by Gasteiger charge is 1.89. The molecule has 0 unspecified atom stereocenters. The summed E-state index contributed by atoms with van der Waals surface area (Å²) < 4.78 is 0. The summed E-state index contributed by atoms with van der Waals surface area (Å²) in [7, 11) is 0. The van der Waals surface area contributed by atoms with E-state index in [9.17, 15) is 0 Å². The van der Waals surface area contributed by atoms with Gasteiger partial charge in [0.05, 0.1) is 12.7 Å². The van der Waals surface area contributed by atoms with Crippen LogP contribution in [0.15, 0.2) is 18.2 Å². The summed E-state index contributed by atoms with van der Waals surface area (Å²) in [5, 5.41) is 9.55. The maximum Gasteiger partial charge on any atom is 0.0894 e. The molecule has 0 saturated heterocycles. The van der Waals surface area contributed by atoms with Gasteiger partial charge in [0.15, 0.2) is 0 Å². The molecule has 1 aliphatic rings. The fourth-order valence-corrected chi connectivity index (χ4v) is 0.411. The van der Waals surface area contributed by atoms with Crippen LogP contribution in [0.25, 0.3) is 0 Å². The van der Waals surface area contributed by atoms with Crippen LogP contribution in [0.3, 0.4) is 0 Å². The normalized spacial score (nSPS) is 18.1. The van der Waals surface area contributed by atoms with E-state index in [4.69, 9.17) is 5.21 Å². The summed E-state index contributed by atoms with van der Waals surface area (Å²) in [6, 6.07) is 0. The molecule has 1 aliphatic heterocycles. The van der Waals surface area contributed by atoms with Gasteiger partial charge in [-0.05, 0) is 6.08 Å². The minimum Gasteiger partial charge on any atom is -0.288 e. The molecule has 7 heavy (non-hydrogen) atoms. The van der Waals surface area contributed by atoms with E-state index >= 15 is 0 Å². The number of rotatable bonds is 0. The van der Waals surface area contributed by atoms with Crippen LogP contribution in [0.4, 0.5) is 0 Å². The lowest BCUT2D eigenvalue weighted by molar-refractivity contribution is -0.0399. The Bertz CT molecular complexity index is 107. The Kier molecular flexibility index (Phi) is 1.13. The fraction of sp³-hybridized carbons (Fsp3) is 0.200. The van der Waals surface area contributed by atoms with Crippen molar-refractivity contribution in [1.29, 1.82) is 0 Å². The Labute approximate surface area is 42.3 Å². The van der Waals surface area contributed by atoms with Crippen molar-refractivity contribution in [3.63, 3.8) is 0 Å². The van der Waals surface area contributed by atoms with Crippen LogP contribution >= 0.6 is 0 Å². The molecule has 2 nitrogen and oxygen atoms in total. The first kappa shape index (κ1) is 4.40. The molecule has 1 radical (unpaired) electrons. The topological polar surface area (TPSA) is 23.5 Å². The molecule has 0 saturated carbocycles. The van der Waals surface area contributed by atoms with Gasteiger partial charge in [-0.2, -0.15) is 0 Å². The van der Waals surface area contributed by atoms with Crippen molar-refractivity contribution in [2.45, 2.75) is 0 Å². The first-order valence-electron chi connectivity index (χ1n) is 2.10.